The van der Waals surface area contributed by atoms with Crippen LogP contribution >= 0.6 is 0 Å². The predicted octanol–water partition coefficient (Wildman–Crippen LogP) is 2.89. The summed E-state index contributed by atoms with van der Waals surface area (Å²) in [6, 6.07) is 13.0. The maximum absolute atomic E-state index is 12.8. The Balaban J connectivity index is 1.39. The molecule has 2 aromatic rings. The van der Waals surface area contributed by atoms with Gasteiger partial charge in [0.2, 0.25) is 11.8 Å². The number of nitrogens with zero attached hydrogens (tertiary/aromatic N) is 2. The molecule has 0 spiro atoms. The number of pyridine rings is 1. The van der Waals surface area contributed by atoms with Gasteiger partial charge >= 0.3 is 5.97 Å². The number of carbonyl (C=O) groups is 3. The number of carbonyl (C=O) groups excluding carboxylic acids is 3. The number of rotatable bonds is 10. The maximum Gasteiger partial charge on any atom is 0.308 e. The van der Waals surface area contributed by atoms with Gasteiger partial charge in [0.25, 0.3) is 0 Å². The van der Waals surface area contributed by atoms with Gasteiger partial charge in [0.1, 0.15) is 6.61 Å². The molecule has 0 radical (unpaired) electrons. The first-order valence-electron chi connectivity index (χ1n) is 11.2. The summed E-state index contributed by atoms with van der Waals surface area (Å²) in [5.74, 6) is -0.645. The molecule has 1 aromatic heterocycles. The molecule has 3 rings (SSSR count). The number of hydrogen-bond acceptors (Lipinski definition) is 5. The Hall–Kier alpha value is -3.22. The number of hydrogen-bond donors (Lipinski definition) is 1. The second kappa shape index (κ2) is 12.0. The lowest BCUT2D eigenvalue weighted by Gasteiger charge is -2.32. The van der Waals surface area contributed by atoms with E-state index in [1.807, 2.05) is 42.5 Å². The van der Waals surface area contributed by atoms with E-state index < -0.39 is 0 Å². The second-order valence-corrected chi connectivity index (χ2v) is 8.31. The number of likely N-dealkylation sites (tertiary alicyclic amines) is 1. The molecule has 1 N–H and O–H groups in total. The lowest BCUT2D eigenvalue weighted by molar-refractivity contribution is -0.146. The normalized spacial score (nSPS) is 17.0. The highest BCUT2D eigenvalue weighted by Crippen LogP contribution is 2.22. The molecule has 1 saturated heterocycles. The van der Waals surface area contributed by atoms with Crippen LogP contribution in [0.2, 0.25) is 0 Å². The van der Waals surface area contributed by atoms with Crippen LogP contribution in [0.25, 0.3) is 0 Å². The molecular formula is C25H31N3O4. The fourth-order valence-electron chi connectivity index (χ4n) is 3.93. The van der Waals surface area contributed by atoms with Crippen molar-refractivity contribution in [2.24, 2.45) is 5.92 Å². The van der Waals surface area contributed by atoms with Crippen LogP contribution < -0.4 is 5.32 Å². The minimum absolute atomic E-state index is 0.0218. The molecule has 2 amide bonds. The largest absolute Gasteiger partial charge is 0.461 e. The molecule has 1 fully saturated rings. The molecule has 0 bridgehead atoms. The highest BCUT2D eigenvalue weighted by atomic mass is 16.5. The standard InChI is InChI=1S/C25H31N3O4/c1-19(16-24(30)32-18-21-6-3-2-4-7-21)27-23(29)17-28-15-5-8-22(25(28)31)10-9-20-11-13-26-14-12-20/h2-4,6-7,11-14,19,22H,5,8-10,15-18H2,1H3,(H,27,29)/t19-,22+/m1/s1. The van der Waals surface area contributed by atoms with Crippen molar-refractivity contribution in [3.63, 3.8) is 0 Å². The zero-order valence-corrected chi connectivity index (χ0v) is 18.5. The number of amides is 2. The number of aromatic nitrogens is 1. The number of nitrogens with one attached hydrogen (secondary N) is 1. The fraction of sp³-hybridized carbons (Fsp3) is 0.440. The number of piperidine rings is 1. The van der Waals surface area contributed by atoms with E-state index in [1.54, 1.807) is 24.2 Å². The van der Waals surface area contributed by atoms with Crippen LogP contribution in [-0.2, 0) is 32.1 Å². The van der Waals surface area contributed by atoms with Crippen LogP contribution in [-0.4, -0.2) is 46.8 Å². The zero-order valence-electron chi connectivity index (χ0n) is 18.5. The lowest BCUT2D eigenvalue weighted by atomic mass is 9.91. The molecular weight excluding hydrogens is 406 g/mol. The van der Waals surface area contributed by atoms with Crippen LogP contribution in [0.4, 0.5) is 0 Å². The highest BCUT2D eigenvalue weighted by Gasteiger charge is 2.29. The lowest BCUT2D eigenvalue weighted by Crippen LogP contribution is -2.48. The van der Waals surface area contributed by atoms with Gasteiger partial charge in [0.05, 0.1) is 13.0 Å². The van der Waals surface area contributed by atoms with Gasteiger partial charge in [-0.3, -0.25) is 19.4 Å². The molecule has 7 heteroatoms. The first kappa shape index (κ1) is 23.4. The first-order valence-corrected chi connectivity index (χ1v) is 11.2. The predicted molar refractivity (Wildman–Crippen MR) is 120 cm³/mol. The SMILES string of the molecule is C[C@H](CC(=O)OCc1ccccc1)NC(=O)CN1CCC[C@@H](CCc2ccncc2)C1=O. The zero-order chi connectivity index (χ0) is 22.8. The molecule has 2 heterocycles. The molecule has 1 aromatic carbocycles. The van der Waals surface area contributed by atoms with E-state index in [0.29, 0.717) is 6.54 Å². The summed E-state index contributed by atoms with van der Waals surface area (Å²) < 4.78 is 5.27. The summed E-state index contributed by atoms with van der Waals surface area (Å²) in [5, 5.41) is 2.81. The summed E-state index contributed by atoms with van der Waals surface area (Å²) >= 11 is 0. The van der Waals surface area contributed by atoms with Gasteiger partial charge in [-0.15, -0.1) is 0 Å². The van der Waals surface area contributed by atoms with Crippen molar-refractivity contribution >= 4 is 17.8 Å². The average molecular weight is 438 g/mol. The van der Waals surface area contributed by atoms with Gasteiger partial charge in [-0.2, -0.15) is 0 Å². The van der Waals surface area contributed by atoms with Gasteiger partial charge in [0, 0.05) is 30.9 Å². The molecule has 0 saturated carbocycles. The molecule has 1 aliphatic rings. The van der Waals surface area contributed by atoms with Crippen molar-refractivity contribution < 1.29 is 19.1 Å². The van der Waals surface area contributed by atoms with Crippen molar-refractivity contribution in [1.82, 2.24) is 15.2 Å². The quantitative estimate of drug-likeness (QED) is 0.578. The maximum atomic E-state index is 12.8. The third-order valence-electron chi connectivity index (χ3n) is 5.63. The fourth-order valence-corrected chi connectivity index (χ4v) is 3.93. The van der Waals surface area contributed by atoms with E-state index in [1.165, 1.54) is 0 Å². The van der Waals surface area contributed by atoms with E-state index in [-0.39, 0.29) is 49.3 Å². The van der Waals surface area contributed by atoms with E-state index in [0.717, 1.165) is 36.8 Å². The summed E-state index contributed by atoms with van der Waals surface area (Å²) in [7, 11) is 0. The number of ether oxygens (including phenoxy) is 1. The molecule has 7 nitrogen and oxygen atoms in total. The van der Waals surface area contributed by atoms with Crippen molar-refractivity contribution in [1.29, 1.82) is 0 Å². The minimum Gasteiger partial charge on any atom is -0.461 e. The minimum atomic E-state index is -0.369. The van der Waals surface area contributed by atoms with Crippen molar-refractivity contribution in [2.75, 3.05) is 13.1 Å². The molecule has 1 aliphatic heterocycles. The Morgan fingerprint density at radius 1 is 1.16 bits per heavy atom. The number of esters is 1. The molecule has 2 atom stereocenters. The molecule has 170 valence electrons. The van der Waals surface area contributed by atoms with Gasteiger partial charge in [-0.1, -0.05) is 30.3 Å². The molecule has 0 aliphatic carbocycles. The van der Waals surface area contributed by atoms with Crippen molar-refractivity contribution in [3.05, 3.63) is 66.0 Å². The van der Waals surface area contributed by atoms with Crippen LogP contribution in [0.5, 0.6) is 0 Å². The summed E-state index contributed by atoms with van der Waals surface area (Å²) in [6.07, 6.45) is 6.93. The first-order chi connectivity index (χ1) is 15.5. The van der Waals surface area contributed by atoms with Crippen LogP contribution in [0.3, 0.4) is 0 Å². The van der Waals surface area contributed by atoms with E-state index in [2.05, 4.69) is 10.3 Å². The Morgan fingerprint density at radius 2 is 1.91 bits per heavy atom. The number of aryl methyl sites for hydroxylation is 1. The van der Waals surface area contributed by atoms with Crippen molar-refractivity contribution in [3.8, 4) is 0 Å². The highest BCUT2D eigenvalue weighted by molar-refractivity contribution is 5.86. The summed E-state index contributed by atoms with van der Waals surface area (Å²) in [6.45, 7) is 2.58. The Bertz CT molecular complexity index is 889. The number of benzene rings is 1. The van der Waals surface area contributed by atoms with Crippen LogP contribution in [0.1, 0.15) is 43.7 Å². The van der Waals surface area contributed by atoms with E-state index >= 15 is 0 Å². The summed E-state index contributed by atoms with van der Waals surface area (Å²) in [4.78, 5) is 43.0. The van der Waals surface area contributed by atoms with E-state index in [9.17, 15) is 14.4 Å². The van der Waals surface area contributed by atoms with Crippen LogP contribution in [0, 0.1) is 5.92 Å². The van der Waals surface area contributed by atoms with Crippen molar-refractivity contribution in [2.45, 2.75) is 51.7 Å². The third-order valence-corrected chi connectivity index (χ3v) is 5.63. The molecule has 0 unspecified atom stereocenters. The Kier molecular flexibility index (Phi) is 8.78. The summed E-state index contributed by atoms with van der Waals surface area (Å²) in [5.41, 5.74) is 2.08. The van der Waals surface area contributed by atoms with Gasteiger partial charge in [-0.05, 0) is 55.9 Å². The Labute approximate surface area is 189 Å². The second-order valence-electron chi connectivity index (χ2n) is 8.31. The smallest absolute Gasteiger partial charge is 0.308 e. The van der Waals surface area contributed by atoms with E-state index in [4.69, 9.17) is 4.74 Å². The monoisotopic (exact) mass is 437 g/mol. The third kappa shape index (κ3) is 7.48. The average Bonchev–Trinajstić information content (AvgIpc) is 2.79. The topological polar surface area (TPSA) is 88.6 Å². The van der Waals surface area contributed by atoms with Gasteiger partial charge in [0.15, 0.2) is 0 Å². The van der Waals surface area contributed by atoms with Crippen LogP contribution in [0.15, 0.2) is 54.9 Å². The molecule has 32 heavy (non-hydrogen) atoms. The Morgan fingerprint density at radius 3 is 2.66 bits per heavy atom. The van der Waals surface area contributed by atoms with Gasteiger partial charge < -0.3 is 15.0 Å². The van der Waals surface area contributed by atoms with Gasteiger partial charge in [-0.25, -0.2) is 0 Å².